The maximum absolute atomic E-state index is 13.0. The largest absolute Gasteiger partial charge is 0.406 e. The molecule has 1 unspecified atom stereocenters. The molecular formula is C20H27F3N4O4S. The number of likely N-dealkylation sites (tertiary alicyclic amines) is 1. The van der Waals surface area contributed by atoms with Crippen molar-refractivity contribution in [2.45, 2.75) is 36.8 Å². The molecule has 178 valence electrons. The molecule has 0 aliphatic carbocycles. The van der Waals surface area contributed by atoms with Crippen LogP contribution in [0.25, 0.3) is 0 Å². The van der Waals surface area contributed by atoms with Crippen LogP contribution in [-0.4, -0.2) is 75.9 Å². The molecule has 1 N–H and O–H groups in total. The van der Waals surface area contributed by atoms with Crippen LogP contribution in [0.15, 0.2) is 23.1 Å². The molecule has 8 nitrogen and oxygen atoms in total. The van der Waals surface area contributed by atoms with E-state index in [1.165, 1.54) is 16.4 Å². The normalized spacial score (nSPS) is 20.5. The maximum Gasteiger partial charge on any atom is 0.406 e. The fourth-order valence-electron chi connectivity index (χ4n) is 3.97. The molecule has 2 aliphatic heterocycles. The van der Waals surface area contributed by atoms with Crippen molar-refractivity contribution < 1.29 is 31.2 Å². The van der Waals surface area contributed by atoms with E-state index in [1.807, 2.05) is 0 Å². The van der Waals surface area contributed by atoms with E-state index in [4.69, 9.17) is 0 Å². The van der Waals surface area contributed by atoms with Crippen LogP contribution in [-0.2, 0) is 19.6 Å². The Morgan fingerprint density at radius 1 is 1.19 bits per heavy atom. The third-order valence-electron chi connectivity index (χ3n) is 5.62. The zero-order chi connectivity index (χ0) is 23.7. The van der Waals surface area contributed by atoms with E-state index in [2.05, 4.69) is 5.32 Å². The summed E-state index contributed by atoms with van der Waals surface area (Å²) in [6.45, 7) is -0.882. The lowest BCUT2D eigenvalue weighted by Crippen LogP contribution is -2.36. The van der Waals surface area contributed by atoms with Gasteiger partial charge in [-0.2, -0.15) is 17.5 Å². The molecule has 2 amide bonds. The second-order valence-electron chi connectivity index (χ2n) is 8.32. The van der Waals surface area contributed by atoms with Crippen molar-refractivity contribution in [3.63, 3.8) is 0 Å². The highest BCUT2D eigenvalue weighted by molar-refractivity contribution is 7.89. The lowest BCUT2D eigenvalue weighted by atomic mass is 10.1. The Morgan fingerprint density at radius 3 is 2.44 bits per heavy atom. The number of piperidine rings is 1. The van der Waals surface area contributed by atoms with E-state index in [0.717, 1.165) is 19.3 Å². The van der Waals surface area contributed by atoms with Gasteiger partial charge in [0.1, 0.15) is 6.54 Å². The van der Waals surface area contributed by atoms with Crippen molar-refractivity contribution in [1.29, 1.82) is 0 Å². The number of alkyl halides is 3. The molecule has 1 atom stereocenters. The molecule has 32 heavy (non-hydrogen) atoms. The standard InChI is InChI=1S/C20H27F3N4O4S/c1-25(2)17-7-6-15(32(30,31)27-8-4-3-5-9-27)11-16(17)24-19(29)14-10-18(28)26(12-14)13-20(21,22)23/h6-7,11,14H,3-5,8-10,12-13H2,1-2H3,(H,24,29). The molecular weight excluding hydrogens is 449 g/mol. The first kappa shape index (κ1) is 24.3. The van der Waals surface area contributed by atoms with E-state index in [9.17, 15) is 31.2 Å². The molecule has 12 heteroatoms. The SMILES string of the molecule is CN(C)c1ccc(S(=O)(=O)N2CCCCC2)cc1NC(=O)C1CC(=O)N(CC(F)(F)F)C1. The van der Waals surface area contributed by atoms with Gasteiger partial charge in [-0.05, 0) is 31.0 Å². The predicted octanol–water partition coefficient (Wildman–Crippen LogP) is 2.28. The number of amides is 2. The van der Waals surface area contributed by atoms with Gasteiger partial charge in [0.25, 0.3) is 0 Å². The van der Waals surface area contributed by atoms with E-state index in [0.29, 0.717) is 23.7 Å². The smallest absolute Gasteiger partial charge is 0.376 e. The first-order valence-electron chi connectivity index (χ1n) is 10.4. The lowest BCUT2D eigenvalue weighted by Gasteiger charge is -2.27. The highest BCUT2D eigenvalue weighted by atomic mass is 32.2. The summed E-state index contributed by atoms with van der Waals surface area (Å²) in [7, 11) is -0.311. The quantitative estimate of drug-likeness (QED) is 0.681. The monoisotopic (exact) mass is 476 g/mol. The van der Waals surface area contributed by atoms with Gasteiger partial charge in [0.15, 0.2) is 0 Å². The van der Waals surface area contributed by atoms with Crippen LogP contribution in [0.4, 0.5) is 24.5 Å². The van der Waals surface area contributed by atoms with Crippen molar-refractivity contribution >= 4 is 33.2 Å². The fourth-order valence-corrected chi connectivity index (χ4v) is 5.52. The maximum atomic E-state index is 13.0. The van der Waals surface area contributed by atoms with Crippen molar-refractivity contribution in [3.05, 3.63) is 18.2 Å². The Labute approximate surface area is 185 Å². The summed E-state index contributed by atoms with van der Waals surface area (Å²) >= 11 is 0. The molecule has 0 saturated carbocycles. The third-order valence-corrected chi connectivity index (χ3v) is 7.51. The van der Waals surface area contributed by atoms with Crippen LogP contribution in [0.5, 0.6) is 0 Å². The summed E-state index contributed by atoms with van der Waals surface area (Å²) in [5, 5.41) is 2.63. The number of nitrogens with zero attached hydrogens (tertiary/aromatic N) is 3. The number of hydrogen-bond donors (Lipinski definition) is 1. The number of hydrogen-bond acceptors (Lipinski definition) is 5. The zero-order valence-electron chi connectivity index (χ0n) is 18.0. The lowest BCUT2D eigenvalue weighted by molar-refractivity contribution is -0.157. The molecule has 2 aliphatic rings. The second-order valence-corrected chi connectivity index (χ2v) is 10.3. The topological polar surface area (TPSA) is 90.0 Å². The highest BCUT2D eigenvalue weighted by Gasteiger charge is 2.40. The Morgan fingerprint density at radius 2 is 1.84 bits per heavy atom. The van der Waals surface area contributed by atoms with E-state index < -0.39 is 40.5 Å². The van der Waals surface area contributed by atoms with Crippen LogP contribution >= 0.6 is 0 Å². The second kappa shape index (κ2) is 9.26. The van der Waals surface area contributed by atoms with Gasteiger partial charge in [0, 0.05) is 40.2 Å². The fraction of sp³-hybridized carbons (Fsp3) is 0.600. The molecule has 0 spiro atoms. The van der Waals surface area contributed by atoms with E-state index >= 15 is 0 Å². The molecule has 0 radical (unpaired) electrons. The number of halogens is 3. The minimum Gasteiger partial charge on any atom is -0.376 e. The van der Waals surface area contributed by atoms with Gasteiger partial charge in [-0.25, -0.2) is 8.42 Å². The molecule has 2 saturated heterocycles. The van der Waals surface area contributed by atoms with E-state index in [1.54, 1.807) is 25.1 Å². The Hall–Kier alpha value is -2.34. The van der Waals surface area contributed by atoms with Gasteiger partial charge in [0.2, 0.25) is 21.8 Å². The van der Waals surface area contributed by atoms with Crippen LogP contribution in [0.3, 0.4) is 0 Å². The van der Waals surface area contributed by atoms with Crippen molar-refractivity contribution in [1.82, 2.24) is 9.21 Å². The number of benzene rings is 1. The molecule has 0 bridgehead atoms. The van der Waals surface area contributed by atoms with Crippen molar-refractivity contribution in [3.8, 4) is 0 Å². The molecule has 2 heterocycles. The minimum absolute atomic E-state index is 0.0292. The summed E-state index contributed by atoms with van der Waals surface area (Å²) in [6, 6.07) is 4.41. The molecule has 1 aromatic rings. The first-order valence-corrected chi connectivity index (χ1v) is 11.8. The summed E-state index contributed by atoms with van der Waals surface area (Å²) in [5.41, 5.74) is 0.757. The van der Waals surface area contributed by atoms with Crippen LogP contribution < -0.4 is 10.2 Å². The first-order chi connectivity index (χ1) is 14.9. The summed E-state index contributed by atoms with van der Waals surface area (Å²) in [5.74, 6) is -2.32. The summed E-state index contributed by atoms with van der Waals surface area (Å²) in [6.07, 6.45) is -2.34. The third kappa shape index (κ3) is 5.52. The Balaban J connectivity index is 1.81. The van der Waals surface area contributed by atoms with Crippen LogP contribution in [0.2, 0.25) is 0 Å². The number of carbonyl (C=O) groups excluding carboxylic acids is 2. The van der Waals surface area contributed by atoms with Gasteiger partial charge in [0.05, 0.1) is 22.2 Å². The van der Waals surface area contributed by atoms with Crippen molar-refractivity contribution in [2.75, 3.05) is 50.5 Å². The van der Waals surface area contributed by atoms with Crippen LogP contribution in [0, 0.1) is 5.92 Å². The van der Waals surface area contributed by atoms with Gasteiger partial charge in [-0.15, -0.1) is 0 Å². The highest BCUT2D eigenvalue weighted by Crippen LogP contribution is 2.31. The van der Waals surface area contributed by atoms with Gasteiger partial charge in [-0.1, -0.05) is 6.42 Å². The van der Waals surface area contributed by atoms with Gasteiger partial charge in [-0.3, -0.25) is 9.59 Å². The molecule has 2 fully saturated rings. The average molecular weight is 477 g/mol. The van der Waals surface area contributed by atoms with Crippen molar-refractivity contribution in [2.24, 2.45) is 5.92 Å². The molecule has 1 aromatic carbocycles. The summed E-state index contributed by atoms with van der Waals surface area (Å²) in [4.78, 5) is 27.0. The summed E-state index contributed by atoms with van der Waals surface area (Å²) < 4.78 is 65.4. The average Bonchev–Trinajstić information content (AvgIpc) is 3.07. The van der Waals surface area contributed by atoms with Gasteiger partial charge >= 0.3 is 6.18 Å². The number of sulfonamides is 1. The number of carbonyl (C=O) groups is 2. The van der Waals surface area contributed by atoms with E-state index in [-0.39, 0.29) is 23.5 Å². The number of rotatable bonds is 6. The molecule has 0 aromatic heterocycles. The Bertz CT molecular complexity index is 976. The van der Waals surface area contributed by atoms with Crippen LogP contribution in [0.1, 0.15) is 25.7 Å². The van der Waals surface area contributed by atoms with Gasteiger partial charge < -0.3 is 15.1 Å². The molecule has 3 rings (SSSR count). The minimum atomic E-state index is -4.55. The zero-order valence-corrected chi connectivity index (χ0v) is 18.8. The predicted molar refractivity (Wildman–Crippen MR) is 113 cm³/mol. The number of anilines is 2. The number of nitrogens with one attached hydrogen (secondary N) is 1. The Kier molecular flexibility index (Phi) is 7.03.